The van der Waals surface area contributed by atoms with Gasteiger partial charge in [0.05, 0.1) is 16.7 Å². The van der Waals surface area contributed by atoms with E-state index in [4.69, 9.17) is 0 Å². The largest absolute Gasteiger partial charge is 0.311 e. The standard InChI is InChI=1S/C60H40N2S/c1-2-13-41(14-3-1)42-25-27-43(28-26-42)44-29-35-47(36-30-44)61(49-39-33-46(34-40-49)51-19-12-20-55-54-18-7-11-24-59(54)63-60(51)55)48-37-31-45(32-38-48)50-15-4-8-21-56(50)62-57-22-9-5-16-52(57)53-17-6-10-23-58(53)62/h1-40H. The molecule has 12 aromatic rings. The van der Waals surface area contributed by atoms with Gasteiger partial charge in [0.1, 0.15) is 0 Å². The number of fused-ring (bicyclic) bond motifs is 6. The minimum atomic E-state index is 1.09. The molecule has 0 radical (unpaired) electrons. The van der Waals surface area contributed by atoms with Crippen molar-refractivity contribution in [2.45, 2.75) is 0 Å². The molecule has 0 saturated carbocycles. The van der Waals surface area contributed by atoms with Crippen LogP contribution in [-0.4, -0.2) is 4.57 Å². The number of nitrogens with zero attached hydrogens (tertiary/aromatic N) is 2. The molecule has 0 saturated heterocycles. The van der Waals surface area contributed by atoms with Crippen molar-refractivity contribution in [1.82, 2.24) is 4.57 Å². The van der Waals surface area contributed by atoms with Crippen molar-refractivity contribution in [2.75, 3.05) is 4.90 Å². The van der Waals surface area contributed by atoms with E-state index in [0.29, 0.717) is 0 Å². The Kier molecular flexibility index (Phi) is 9.06. The SMILES string of the molecule is c1ccc(-c2ccc(-c3ccc(N(c4ccc(-c5ccccc5-n5c6ccccc6c6ccccc65)cc4)c4ccc(-c5cccc6c5sc5ccccc56)cc4)cc3)cc2)cc1. The molecule has 0 bridgehead atoms. The fourth-order valence-corrected chi connectivity index (χ4v) is 10.6. The molecule has 0 aliphatic carbocycles. The van der Waals surface area contributed by atoms with Crippen molar-refractivity contribution < 1.29 is 0 Å². The number of hydrogen-bond acceptors (Lipinski definition) is 2. The summed E-state index contributed by atoms with van der Waals surface area (Å²) in [5.74, 6) is 0. The van der Waals surface area contributed by atoms with E-state index >= 15 is 0 Å². The third-order valence-corrected chi connectivity index (χ3v) is 13.7. The minimum Gasteiger partial charge on any atom is -0.311 e. The molecule has 2 nitrogen and oxygen atoms in total. The van der Waals surface area contributed by atoms with Crippen LogP contribution in [0.2, 0.25) is 0 Å². The Morgan fingerprint density at radius 1 is 0.286 bits per heavy atom. The molecule has 0 amide bonds. The lowest BCUT2D eigenvalue weighted by molar-refractivity contribution is 1.18. The lowest BCUT2D eigenvalue weighted by Crippen LogP contribution is -2.09. The first-order valence-electron chi connectivity index (χ1n) is 21.5. The zero-order valence-electron chi connectivity index (χ0n) is 34.4. The minimum absolute atomic E-state index is 1.09. The van der Waals surface area contributed by atoms with Gasteiger partial charge in [-0.15, -0.1) is 11.3 Å². The molecule has 63 heavy (non-hydrogen) atoms. The van der Waals surface area contributed by atoms with Gasteiger partial charge in [0.25, 0.3) is 0 Å². The summed E-state index contributed by atoms with van der Waals surface area (Å²) in [5, 5.41) is 5.15. The maximum absolute atomic E-state index is 2.41. The highest BCUT2D eigenvalue weighted by molar-refractivity contribution is 7.26. The normalized spacial score (nSPS) is 11.5. The molecule has 0 aliphatic heterocycles. The van der Waals surface area contributed by atoms with Crippen LogP contribution in [0, 0.1) is 0 Å². The number of thiophene rings is 1. The highest BCUT2D eigenvalue weighted by Crippen LogP contribution is 2.43. The Balaban J connectivity index is 0.933. The Hall–Kier alpha value is -7.98. The van der Waals surface area contributed by atoms with E-state index in [2.05, 4.69) is 252 Å². The molecular formula is C60H40N2S. The number of anilines is 3. The predicted octanol–water partition coefficient (Wildman–Crippen LogP) is 17.3. The first-order valence-corrected chi connectivity index (χ1v) is 22.3. The lowest BCUT2D eigenvalue weighted by atomic mass is 9.99. The van der Waals surface area contributed by atoms with Gasteiger partial charge in [-0.3, -0.25) is 0 Å². The van der Waals surface area contributed by atoms with Crippen molar-refractivity contribution in [3.05, 3.63) is 243 Å². The second-order valence-electron chi connectivity index (χ2n) is 16.1. The third-order valence-electron chi connectivity index (χ3n) is 12.5. The van der Waals surface area contributed by atoms with Gasteiger partial charge >= 0.3 is 0 Å². The van der Waals surface area contributed by atoms with Gasteiger partial charge in [-0.1, -0.05) is 182 Å². The van der Waals surface area contributed by atoms with E-state index in [1.807, 2.05) is 11.3 Å². The smallest absolute Gasteiger partial charge is 0.0541 e. The molecule has 2 heterocycles. The molecule has 0 atom stereocenters. The average molecular weight is 821 g/mol. The fraction of sp³-hybridized carbons (Fsp3) is 0. The van der Waals surface area contributed by atoms with Gasteiger partial charge in [0.15, 0.2) is 0 Å². The summed E-state index contributed by atoms with van der Waals surface area (Å²) in [7, 11) is 0. The summed E-state index contributed by atoms with van der Waals surface area (Å²) in [5.41, 5.74) is 16.5. The summed E-state index contributed by atoms with van der Waals surface area (Å²) < 4.78 is 5.06. The number of rotatable bonds is 8. The van der Waals surface area contributed by atoms with Crippen LogP contribution in [0.15, 0.2) is 243 Å². The van der Waals surface area contributed by atoms with Gasteiger partial charge in [-0.2, -0.15) is 0 Å². The molecule has 0 fully saturated rings. The van der Waals surface area contributed by atoms with E-state index in [1.54, 1.807) is 0 Å². The summed E-state index contributed by atoms with van der Waals surface area (Å²) in [6, 6.07) is 88.2. The van der Waals surface area contributed by atoms with E-state index in [0.717, 1.165) is 28.3 Å². The molecule has 10 aromatic carbocycles. The van der Waals surface area contributed by atoms with Crippen LogP contribution in [0.4, 0.5) is 17.1 Å². The van der Waals surface area contributed by atoms with E-state index < -0.39 is 0 Å². The number of aromatic nitrogens is 1. The Bertz CT molecular complexity index is 3530. The molecule has 296 valence electrons. The highest BCUT2D eigenvalue weighted by atomic mass is 32.1. The Labute approximate surface area is 370 Å². The summed E-state index contributed by atoms with van der Waals surface area (Å²) in [6.07, 6.45) is 0. The zero-order valence-corrected chi connectivity index (χ0v) is 35.2. The van der Waals surface area contributed by atoms with Crippen LogP contribution in [0.3, 0.4) is 0 Å². The number of para-hydroxylation sites is 3. The van der Waals surface area contributed by atoms with Gasteiger partial charge in [0.2, 0.25) is 0 Å². The highest BCUT2D eigenvalue weighted by Gasteiger charge is 2.18. The zero-order chi connectivity index (χ0) is 41.7. The van der Waals surface area contributed by atoms with Crippen molar-refractivity contribution in [3.63, 3.8) is 0 Å². The van der Waals surface area contributed by atoms with Crippen molar-refractivity contribution in [3.8, 4) is 50.2 Å². The molecule has 0 unspecified atom stereocenters. The molecule has 2 aromatic heterocycles. The van der Waals surface area contributed by atoms with Crippen LogP contribution < -0.4 is 4.90 Å². The van der Waals surface area contributed by atoms with Crippen LogP contribution in [0.25, 0.3) is 92.2 Å². The first kappa shape index (κ1) is 36.8. The van der Waals surface area contributed by atoms with Gasteiger partial charge < -0.3 is 9.47 Å². The first-order chi connectivity index (χ1) is 31.2. The second-order valence-corrected chi connectivity index (χ2v) is 17.1. The van der Waals surface area contributed by atoms with Crippen LogP contribution in [0.1, 0.15) is 0 Å². The summed E-state index contributed by atoms with van der Waals surface area (Å²) in [4.78, 5) is 2.37. The lowest BCUT2D eigenvalue weighted by Gasteiger charge is -2.26. The van der Waals surface area contributed by atoms with Gasteiger partial charge in [0, 0.05) is 53.6 Å². The third kappa shape index (κ3) is 6.50. The molecular weight excluding hydrogens is 781 g/mol. The van der Waals surface area contributed by atoms with Crippen LogP contribution in [-0.2, 0) is 0 Å². The van der Waals surface area contributed by atoms with Crippen molar-refractivity contribution >= 4 is 70.4 Å². The monoisotopic (exact) mass is 820 g/mol. The van der Waals surface area contributed by atoms with E-state index in [1.165, 1.54) is 80.9 Å². The maximum atomic E-state index is 2.41. The number of benzene rings is 10. The van der Waals surface area contributed by atoms with Crippen molar-refractivity contribution in [2.24, 2.45) is 0 Å². The summed E-state index contributed by atoms with van der Waals surface area (Å²) in [6.45, 7) is 0. The van der Waals surface area contributed by atoms with Crippen LogP contribution >= 0.6 is 11.3 Å². The molecule has 12 rings (SSSR count). The second kappa shape index (κ2) is 15.5. The van der Waals surface area contributed by atoms with Crippen molar-refractivity contribution in [1.29, 1.82) is 0 Å². The molecule has 3 heteroatoms. The Morgan fingerprint density at radius 2 is 0.698 bits per heavy atom. The molecule has 0 aliphatic rings. The fourth-order valence-electron chi connectivity index (χ4n) is 9.39. The molecule has 0 N–H and O–H groups in total. The van der Waals surface area contributed by atoms with E-state index in [-0.39, 0.29) is 0 Å². The summed E-state index contributed by atoms with van der Waals surface area (Å²) >= 11 is 1.87. The van der Waals surface area contributed by atoms with Gasteiger partial charge in [-0.05, 0) is 99.6 Å². The predicted molar refractivity (Wildman–Crippen MR) is 270 cm³/mol. The topological polar surface area (TPSA) is 8.17 Å². The molecule has 0 spiro atoms. The Morgan fingerprint density at radius 3 is 1.30 bits per heavy atom. The number of hydrogen-bond donors (Lipinski definition) is 0. The quantitative estimate of drug-likeness (QED) is 0.148. The average Bonchev–Trinajstić information content (AvgIpc) is 3.91. The maximum Gasteiger partial charge on any atom is 0.0541 e. The van der Waals surface area contributed by atoms with Crippen LogP contribution in [0.5, 0.6) is 0 Å². The van der Waals surface area contributed by atoms with Gasteiger partial charge in [-0.25, -0.2) is 0 Å². The van der Waals surface area contributed by atoms with E-state index in [9.17, 15) is 0 Å².